The van der Waals surface area contributed by atoms with Gasteiger partial charge in [0.1, 0.15) is 11.5 Å². The monoisotopic (exact) mass is 304 g/mol. The van der Waals surface area contributed by atoms with Crippen LogP contribution in [0.4, 0.5) is 0 Å². The van der Waals surface area contributed by atoms with E-state index in [0.29, 0.717) is 16.6 Å². The molecule has 0 atom stereocenters. The van der Waals surface area contributed by atoms with Gasteiger partial charge in [0.15, 0.2) is 5.16 Å². The van der Waals surface area contributed by atoms with Crippen LogP contribution < -0.4 is 5.43 Å². The average Bonchev–Trinajstić information content (AvgIpc) is 2.95. The first-order valence-corrected chi connectivity index (χ1v) is 7.35. The summed E-state index contributed by atoms with van der Waals surface area (Å²) in [5.41, 5.74) is 4.87. The molecule has 0 saturated heterocycles. The third-order valence-electron chi connectivity index (χ3n) is 2.52. The zero-order valence-electron chi connectivity index (χ0n) is 12.1. The smallest absolute Gasteiger partial charge is 0.250 e. The van der Waals surface area contributed by atoms with Gasteiger partial charge < -0.3 is 4.42 Å². The number of aromatic nitrogens is 2. The quantitative estimate of drug-likeness (QED) is 0.397. The maximum Gasteiger partial charge on any atom is 0.250 e. The van der Waals surface area contributed by atoms with Crippen LogP contribution in [0, 0.1) is 13.8 Å². The van der Waals surface area contributed by atoms with Crippen LogP contribution in [0.15, 0.2) is 39.1 Å². The number of hydrazone groups is 1. The molecule has 2 aromatic rings. The Kier molecular flexibility index (Phi) is 5.10. The lowest BCUT2D eigenvalue weighted by atomic mass is 10.3. The van der Waals surface area contributed by atoms with Crippen LogP contribution in [0.25, 0.3) is 0 Å². The highest BCUT2D eigenvalue weighted by Gasteiger charge is 2.06. The molecule has 1 N–H and O–H groups in total. The summed E-state index contributed by atoms with van der Waals surface area (Å²) in [7, 11) is 0. The van der Waals surface area contributed by atoms with E-state index in [4.69, 9.17) is 4.42 Å². The number of nitrogens with one attached hydrogen (secondary N) is 1. The van der Waals surface area contributed by atoms with E-state index in [0.717, 1.165) is 11.4 Å². The van der Waals surface area contributed by atoms with E-state index in [9.17, 15) is 4.79 Å². The van der Waals surface area contributed by atoms with Crippen molar-refractivity contribution in [3.05, 3.63) is 41.6 Å². The summed E-state index contributed by atoms with van der Waals surface area (Å²) >= 11 is 1.28. The van der Waals surface area contributed by atoms with Crippen LogP contribution in [0.5, 0.6) is 0 Å². The van der Waals surface area contributed by atoms with E-state index < -0.39 is 0 Å². The Balaban J connectivity index is 1.86. The lowest BCUT2D eigenvalue weighted by molar-refractivity contribution is -0.118. The molecule has 0 aliphatic carbocycles. The van der Waals surface area contributed by atoms with E-state index in [1.165, 1.54) is 11.8 Å². The SMILES string of the molecule is CC(=NNC(=O)CSc1nc(C)cc(C)n1)c1ccco1. The number of carbonyl (C=O) groups excluding carboxylic acids is 1. The maximum atomic E-state index is 11.7. The molecule has 0 aromatic carbocycles. The third-order valence-corrected chi connectivity index (χ3v) is 3.37. The van der Waals surface area contributed by atoms with Crippen molar-refractivity contribution < 1.29 is 9.21 Å². The van der Waals surface area contributed by atoms with Crippen molar-refractivity contribution >= 4 is 23.4 Å². The first-order chi connectivity index (χ1) is 10.0. The first kappa shape index (κ1) is 15.2. The molecule has 2 aromatic heterocycles. The molecule has 0 unspecified atom stereocenters. The number of aryl methyl sites for hydroxylation is 2. The first-order valence-electron chi connectivity index (χ1n) is 6.36. The molecule has 0 aliphatic heterocycles. The van der Waals surface area contributed by atoms with E-state index >= 15 is 0 Å². The van der Waals surface area contributed by atoms with Crippen molar-refractivity contribution in [3.8, 4) is 0 Å². The number of furan rings is 1. The van der Waals surface area contributed by atoms with Gasteiger partial charge >= 0.3 is 0 Å². The second-order valence-electron chi connectivity index (χ2n) is 4.43. The van der Waals surface area contributed by atoms with Gasteiger partial charge in [0.05, 0.1) is 12.0 Å². The summed E-state index contributed by atoms with van der Waals surface area (Å²) in [4.78, 5) is 20.3. The van der Waals surface area contributed by atoms with Gasteiger partial charge in [-0.25, -0.2) is 15.4 Å². The minimum Gasteiger partial charge on any atom is -0.463 e. The van der Waals surface area contributed by atoms with Crippen molar-refractivity contribution in [2.24, 2.45) is 5.10 Å². The van der Waals surface area contributed by atoms with Gasteiger partial charge in [0.2, 0.25) is 0 Å². The Bertz CT molecular complexity index is 633. The third kappa shape index (κ3) is 4.71. The summed E-state index contributed by atoms with van der Waals surface area (Å²) in [5.74, 6) is 0.618. The zero-order chi connectivity index (χ0) is 15.2. The largest absolute Gasteiger partial charge is 0.463 e. The molecule has 0 saturated carbocycles. The lowest BCUT2D eigenvalue weighted by Crippen LogP contribution is -2.21. The van der Waals surface area contributed by atoms with Gasteiger partial charge in [-0.3, -0.25) is 4.79 Å². The Morgan fingerprint density at radius 2 is 2.10 bits per heavy atom. The Morgan fingerprint density at radius 3 is 2.71 bits per heavy atom. The number of hydrogen-bond acceptors (Lipinski definition) is 6. The number of thioether (sulfide) groups is 1. The second kappa shape index (κ2) is 7.03. The van der Waals surface area contributed by atoms with Crippen molar-refractivity contribution in [2.75, 3.05) is 5.75 Å². The van der Waals surface area contributed by atoms with Gasteiger partial charge in [-0.1, -0.05) is 11.8 Å². The molecular formula is C14H16N4O2S. The minimum atomic E-state index is -0.214. The molecule has 6 nitrogen and oxygen atoms in total. The fraction of sp³-hybridized carbons (Fsp3) is 0.286. The van der Waals surface area contributed by atoms with Crippen molar-refractivity contribution in [3.63, 3.8) is 0 Å². The Hall–Kier alpha value is -2.15. The lowest BCUT2D eigenvalue weighted by Gasteiger charge is -2.03. The predicted octanol–water partition coefficient (Wildman–Crippen LogP) is 2.32. The topological polar surface area (TPSA) is 80.4 Å². The molecule has 0 spiro atoms. The summed E-state index contributed by atoms with van der Waals surface area (Å²) in [5, 5.41) is 4.58. The standard InChI is InChI=1S/C14H16N4O2S/c1-9-7-10(2)16-14(15-9)21-8-13(19)18-17-11(3)12-5-4-6-20-12/h4-7H,8H2,1-3H3,(H,18,19). The molecule has 2 rings (SSSR count). The van der Waals surface area contributed by atoms with E-state index in [2.05, 4.69) is 20.5 Å². The molecular weight excluding hydrogens is 288 g/mol. The van der Waals surface area contributed by atoms with Crippen LogP contribution in [0.3, 0.4) is 0 Å². The number of rotatable bonds is 5. The molecule has 2 heterocycles. The van der Waals surface area contributed by atoms with Gasteiger partial charge in [0, 0.05) is 11.4 Å². The summed E-state index contributed by atoms with van der Waals surface area (Å²) < 4.78 is 5.18. The van der Waals surface area contributed by atoms with Crippen LogP contribution in [-0.2, 0) is 4.79 Å². The van der Waals surface area contributed by atoms with Gasteiger partial charge in [0.25, 0.3) is 5.91 Å². The summed E-state index contributed by atoms with van der Waals surface area (Å²) in [6.45, 7) is 5.56. The van der Waals surface area contributed by atoms with E-state index in [1.807, 2.05) is 19.9 Å². The summed E-state index contributed by atoms with van der Waals surface area (Å²) in [6, 6.07) is 5.44. The highest BCUT2D eigenvalue weighted by molar-refractivity contribution is 7.99. The molecule has 0 fully saturated rings. The normalized spacial score (nSPS) is 11.5. The Labute approximate surface area is 127 Å². The summed E-state index contributed by atoms with van der Waals surface area (Å²) in [6.07, 6.45) is 1.56. The number of hydrogen-bond donors (Lipinski definition) is 1. The number of carbonyl (C=O) groups is 1. The average molecular weight is 304 g/mol. The van der Waals surface area contributed by atoms with Gasteiger partial charge in [-0.15, -0.1) is 0 Å². The zero-order valence-corrected chi connectivity index (χ0v) is 12.9. The molecule has 0 bridgehead atoms. The van der Waals surface area contributed by atoms with Crippen molar-refractivity contribution in [1.82, 2.24) is 15.4 Å². The van der Waals surface area contributed by atoms with Crippen LogP contribution >= 0.6 is 11.8 Å². The van der Waals surface area contributed by atoms with Crippen LogP contribution in [0.2, 0.25) is 0 Å². The molecule has 0 radical (unpaired) electrons. The van der Waals surface area contributed by atoms with Gasteiger partial charge in [-0.2, -0.15) is 5.10 Å². The van der Waals surface area contributed by atoms with Crippen LogP contribution in [-0.4, -0.2) is 27.3 Å². The van der Waals surface area contributed by atoms with E-state index in [1.54, 1.807) is 25.3 Å². The number of amides is 1. The molecule has 110 valence electrons. The van der Waals surface area contributed by atoms with Crippen molar-refractivity contribution in [1.29, 1.82) is 0 Å². The second-order valence-corrected chi connectivity index (χ2v) is 5.37. The van der Waals surface area contributed by atoms with Crippen molar-refractivity contribution in [2.45, 2.75) is 25.9 Å². The molecule has 7 heteroatoms. The maximum absolute atomic E-state index is 11.7. The molecule has 1 amide bonds. The fourth-order valence-electron chi connectivity index (χ4n) is 1.61. The molecule has 0 aliphatic rings. The highest BCUT2D eigenvalue weighted by atomic mass is 32.2. The predicted molar refractivity (Wildman–Crippen MR) is 81.3 cm³/mol. The van der Waals surface area contributed by atoms with Crippen LogP contribution in [0.1, 0.15) is 24.1 Å². The Morgan fingerprint density at radius 1 is 1.38 bits per heavy atom. The molecule has 21 heavy (non-hydrogen) atoms. The highest BCUT2D eigenvalue weighted by Crippen LogP contribution is 2.13. The van der Waals surface area contributed by atoms with Gasteiger partial charge in [-0.05, 0) is 39.0 Å². The fourth-order valence-corrected chi connectivity index (χ4v) is 2.35. The number of nitrogens with zero attached hydrogens (tertiary/aromatic N) is 3. The minimum absolute atomic E-state index is 0.206. The van der Waals surface area contributed by atoms with E-state index in [-0.39, 0.29) is 11.7 Å².